The molecule has 0 aliphatic heterocycles. The second-order valence-corrected chi connectivity index (χ2v) is 22.2. The highest BCUT2D eigenvalue weighted by molar-refractivity contribution is 9.10. The molecular formula is C73H74BrN3O2. The van der Waals surface area contributed by atoms with Crippen molar-refractivity contribution in [3.8, 4) is 11.5 Å². The van der Waals surface area contributed by atoms with Gasteiger partial charge in [0, 0.05) is 55.7 Å². The first-order chi connectivity index (χ1) is 37.8. The number of rotatable bonds is 11. The fourth-order valence-electron chi connectivity index (χ4n) is 10.1. The lowest BCUT2D eigenvalue weighted by Gasteiger charge is -2.32. The van der Waals surface area contributed by atoms with E-state index in [0.717, 1.165) is 61.7 Å². The number of anilines is 9. The van der Waals surface area contributed by atoms with E-state index in [1.807, 2.05) is 38.1 Å². The molecule has 0 aliphatic carbocycles. The number of aryl methyl sites for hydroxylation is 12. The number of halogens is 1. The minimum absolute atomic E-state index is 0.304. The molecule has 0 amide bonds. The van der Waals surface area contributed by atoms with Crippen molar-refractivity contribution in [2.24, 2.45) is 0 Å². The van der Waals surface area contributed by atoms with Crippen LogP contribution in [0, 0.1) is 83.1 Å². The van der Waals surface area contributed by atoms with Gasteiger partial charge in [0.1, 0.15) is 11.5 Å². The van der Waals surface area contributed by atoms with Crippen molar-refractivity contribution >= 4 is 67.1 Å². The fraction of sp³-hybridized carbons (Fsp3) is 0.178. The van der Waals surface area contributed by atoms with Gasteiger partial charge < -0.3 is 24.9 Å². The molecule has 10 aromatic rings. The fourth-order valence-corrected chi connectivity index (χ4v) is 10.6. The Morgan fingerprint density at radius 1 is 0.291 bits per heavy atom. The predicted octanol–water partition coefficient (Wildman–Crippen LogP) is 20.9. The standard InChI is InChI=1S/C36H36N2O.C30H31N.C7H7BrO/c1-24-10-7-13-30(18-24)37(31-14-8-11-25(2)19-31)34-22-28(5)35(23-27(34)4)38(32-15-9-12-26(3)20-32)33-16-17-36(39)29(6)21-33;1-21-9-6-12-26(15-21)20-27-18-25(5)30(19-24(27)4)31(28-13-7-10-22(2)16-28)29-14-8-11-23(3)17-29;1-5-4-6(8)2-3-7(5)9/h7-23,39H,1-6H3;6-19H,20H2,1-5H3;2-4,9H,1H3. The third-order valence-electron chi connectivity index (χ3n) is 14.3. The summed E-state index contributed by atoms with van der Waals surface area (Å²) in [5, 5.41) is 19.3. The average molecular weight is 1110 g/mol. The van der Waals surface area contributed by atoms with E-state index in [2.05, 4.69) is 270 Å². The van der Waals surface area contributed by atoms with Crippen molar-refractivity contribution in [3.05, 3.63) is 289 Å². The largest absolute Gasteiger partial charge is 0.508 e. The quantitative estimate of drug-likeness (QED) is 0.135. The van der Waals surface area contributed by atoms with Crippen molar-refractivity contribution in [2.45, 2.75) is 89.5 Å². The molecular weight excluding hydrogens is 1030 g/mol. The van der Waals surface area contributed by atoms with Crippen LogP contribution in [0.5, 0.6) is 11.5 Å². The molecule has 0 heterocycles. The summed E-state index contributed by atoms with van der Waals surface area (Å²) in [5.74, 6) is 0.649. The van der Waals surface area contributed by atoms with Gasteiger partial charge in [0.15, 0.2) is 0 Å². The molecule has 2 N–H and O–H groups in total. The Kier molecular flexibility index (Phi) is 18.3. The molecule has 0 aliphatic rings. The number of nitrogens with zero attached hydrogens (tertiary/aromatic N) is 3. The lowest BCUT2D eigenvalue weighted by molar-refractivity contribution is 0.470. The molecule has 0 saturated carbocycles. The zero-order valence-corrected chi connectivity index (χ0v) is 49.5. The summed E-state index contributed by atoms with van der Waals surface area (Å²) in [7, 11) is 0. The van der Waals surface area contributed by atoms with Gasteiger partial charge in [-0.15, -0.1) is 0 Å². The van der Waals surface area contributed by atoms with E-state index >= 15 is 0 Å². The van der Waals surface area contributed by atoms with E-state index in [1.54, 1.807) is 12.1 Å². The normalized spacial score (nSPS) is 10.7. The summed E-state index contributed by atoms with van der Waals surface area (Å²) in [6, 6.07) is 72.7. The minimum atomic E-state index is 0.304. The monoisotopic (exact) mass is 1100 g/mol. The van der Waals surface area contributed by atoms with E-state index in [0.29, 0.717) is 11.5 Å². The molecule has 0 unspecified atom stereocenters. The Morgan fingerprint density at radius 3 is 0.949 bits per heavy atom. The van der Waals surface area contributed by atoms with Crippen molar-refractivity contribution in [3.63, 3.8) is 0 Å². The Bertz CT molecular complexity index is 3670. The van der Waals surface area contributed by atoms with E-state index in [1.165, 1.54) is 78.3 Å². The summed E-state index contributed by atoms with van der Waals surface area (Å²) in [6.07, 6.45) is 0.962. The van der Waals surface area contributed by atoms with E-state index in [4.69, 9.17) is 5.11 Å². The van der Waals surface area contributed by atoms with Gasteiger partial charge in [-0.1, -0.05) is 112 Å². The van der Waals surface area contributed by atoms with Crippen LogP contribution in [0.15, 0.2) is 211 Å². The van der Waals surface area contributed by atoms with Crippen molar-refractivity contribution in [1.82, 2.24) is 0 Å². The Morgan fingerprint density at radius 2 is 0.608 bits per heavy atom. The van der Waals surface area contributed by atoms with Crippen LogP contribution in [0.3, 0.4) is 0 Å². The van der Waals surface area contributed by atoms with Crippen molar-refractivity contribution in [1.29, 1.82) is 0 Å². The number of hydrogen-bond donors (Lipinski definition) is 2. The van der Waals surface area contributed by atoms with Gasteiger partial charge in [-0.3, -0.25) is 0 Å². The maximum atomic E-state index is 10.2. The third-order valence-corrected chi connectivity index (χ3v) is 14.8. The predicted molar refractivity (Wildman–Crippen MR) is 340 cm³/mol. The number of phenols is 2. The SMILES string of the molecule is Cc1cc(Br)ccc1O.Cc1cccc(Cc2cc(C)c(N(c3cccc(C)c3)c3cccc(C)c3)cc2C)c1.Cc1cccc(N(c2cccc(C)c2)c2cc(C)c(N(c3cccc(C)c3)c3ccc(O)c(C)c3)cc2C)c1. The smallest absolute Gasteiger partial charge is 0.118 e. The molecule has 0 spiro atoms. The Hall–Kier alpha value is -8.32. The highest BCUT2D eigenvalue weighted by Gasteiger charge is 2.22. The first-order valence-electron chi connectivity index (χ1n) is 27.1. The van der Waals surface area contributed by atoms with Crippen LogP contribution < -0.4 is 14.7 Å². The molecule has 0 atom stereocenters. The van der Waals surface area contributed by atoms with Crippen LogP contribution in [0.25, 0.3) is 0 Å². The van der Waals surface area contributed by atoms with Crippen molar-refractivity contribution < 1.29 is 10.2 Å². The van der Waals surface area contributed by atoms with Crippen LogP contribution in [-0.4, -0.2) is 10.2 Å². The van der Waals surface area contributed by atoms with Crippen LogP contribution in [0.2, 0.25) is 0 Å². The molecule has 0 saturated heterocycles. The lowest BCUT2D eigenvalue weighted by atomic mass is 9.96. The summed E-state index contributed by atoms with van der Waals surface area (Å²) in [4.78, 5) is 7.03. The van der Waals surface area contributed by atoms with Crippen LogP contribution >= 0.6 is 15.9 Å². The number of benzene rings is 10. The second-order valence-electron chi connectivity index (χ2n) is 21.3. The van der Waals surface area contributed by atoms with E-state index in [9.17, 15) is 5.11 Å². The van der Waals surface area contributed by atoms with E-state index < -0.39 is 0 Å². The van der Waals surface area contributed by atoms with E-state index in [-0.39, 0.29) is 0 Å². The molecule has 0 bridgehead atoms. The Labute approximate surface area is 478 Å². The van der Waals surface area contributed by atoms with Crippen molar-refractivity contribution in [2.75, 3.05) is 14.7 Å². The number of aromatic hydroxyl groups is 2. The molecule has 79 heavy (non-hydrogen) atoms. The van der Waals surface area contributed by atoms with Gasteiger partial charge in [0.25, 0.3) is 0 Å². The zero-order chi connectivity index (χ0) is 56.5. The van der Waals surface area contributed by atoms with Gasteiger partial charge >= 0.3 is 0 Å². The maximum absolute atomic E-state index is 10.2. The molecule has 0 aromatic heterocycles. The van der Waals surface area contributed by atoms with Gasteiger partial charge in [0.05, 0.1) is 0 Å². The van der Waals surface area contributed by atoms with Gasteiger partial charge in [-0.25, -0.2) is 0 Å². The van der Waals surface area contributed by atoms with Gasteiger partial charge in [-0.05, 0) is 277 Å². The third kappa shape index (κ3) is 14.2. The second kappa shape index (κ2) is 25.4. The molecule has 0 fully saturated rings. The van der Waals surface area contributed by atoms with Crippen LogP contribution in [0.1, 0.15) is 77.9 Å². The average Bonchev–Trinajstić information content (AvgIpc) is 3.53. The molecule has 0 radical (unpaired) electrons. The first-order valence-corrected chi connectivity index (χ1v) is 27.9. The summed E-state index contributed by atoms with van der Waals surface area (Å²) in [5.41, 5.74) is 27.2. The summed E-state index contributed by atoms with van der Waals surface area (Å²) < 4.78 is 0.998. The number of phenolic OH excluding ortho intramolecular Hbond substituents is 2. The highest BCUT2D eigenvalue weighted by Crippen LogP contribution is 2.44. The highest BCUT2D eigenvalue weighted by atomic mass is 79.9. The van der Waals surface area contributed by atoms with Crippen LogP contribution in [-0.2, 0) is 6.42 Å². The topological polar surface area (TPSA) is 50.2 Å². The number of hydrogen-bond acceptors (Lipinski definition) is 5. The van der Waals surface area contributed by atoms with Gasteiger partial charge in [0.2, 0.25) is 0 Å². The first kappa shape index (κ1) is 56.9. The van der Waals surface area contributed by atoms with Gasteiger partial charge in [-0.2, -0.15) is 0 Å². The summed E-state index contributed by atoms with van der Waals surface area (Å²) >= 11 is 3.29. The molecule has 6 heteroatoms. The zero-order valence-electron chi connectivity index (χ0n) is 48.0. The maximum Gasteiger partial charge on any atom is 0.118 e. The summed E-state index contributed by atoms with van der Waals surface area (Å²) in [6.45, 7) is 25.5. The minimum Gasteiger partial charge on any atom is -0.508 e. The molecule has 10 aromatic carbocycles. The molecule has 10 rings (SSSR count). The lowest BCUT2D eigenvalue weighted by Crippen LogP contribution is -2.15. The Balaban J connectivity index is 0.000000183. The van der Waals surface area contributed by atoms with Crippen LogP contribution in [0.4, 0.5) is 51.2 Å². The molecule has 5 nitrogen and oxygen atoms in total. The molecule has 400 valence electrons.